The van der Waals surface area contributed by atoms with E-state index in [0.29, 0.717) is 23.7 Å². The lowest BCUT2D eigenvalue weighted by molar-refractivity contribution is 0.0741. The van der Waals surface area contributed by atoms with E-state index in [4.69, 9.17) is 9.47 Å². The van der Waals surface area contributed by atoms with Gasteiger partial charge in [-0.25, -0.2) is 0 Å². The van der Waals surface area contributed by atoms with Crippen molar-refractivity contribution >= 4 is 5.91 Å². The Kier molecular flexibility index (Phi) is 5.48. The smallest absolute Gasteiger partial charge is 0.273 e. The summed E-state index contributed by atoms with van der Waals surface area (Å²) in [5, 5.41) is 7.54. The standard InChI is InChI=1S/C24H27N3O3/c1-5-6-13-27-23(17-11-12-18(29-3)19(14-17)30-4)20-21(25-26-22(20)24(27)28)16-9-7-15(2)8-10-16/h7-12,14,23H,5-6,13H2,1-4H3,(H,25,26). The Labute approximate surface area is 176 Å². The summed E-state index contributed by atoms with van der Waals surface area (Å²) in [4.78, 5) is 15.2. The van der Waals surface area contributed by atoms with Gasteiger partial charge < -0.3 is 14.4 Å². The molecule has 2 aromatic carbocycles. The van der Waals surface area contributed by atoms with Crippen LogP contribution < -0.4 is 9.47 Å². The van der Waals surface area contributed by atoms with Gasteiger partial charge in [-0.3, -0.25) is 9.89 Å². The van der Waals surface area contributed by atoms with E-state index in [1.165, 1.54) is 5.56 Å². The Bertz CT molecular complexity index is 1060. The lowest BCUT2D eigenvalue weighted by Gasteiger charge is -2.27. The van der Waals surface area contributed by atoms with E-state index in [2.05, 4.69) is 48.3 Å². The van der Waals surface area contributed by atoms with Gasteiger partial charge in [-0.1, -0.05) is 49.2 Å². The Morgan fingerprint density at radius 3 is 2.47 bits per heavy atom. The highest BCUT2D eigenvalue weighted by atomic mass is 16.5. The number of nitrogens with one attached hydrogen (secondary N) is 1. The fourth-order valence-corrected chi connectivity index (χ4v) is 4.06. The molecule has 30 heavy (non-hydrogen) atoms. The summed E-state index contributed by atoms with van der Waals surface area (Å²) in [5.41, 5.74) is 5.47. The second-order valence-corrected chi connectivity index (χ2v) is 7.60. The summed E-state index contributed by atoms with van der Waals surface area (Å²) in [5.74, 6) is 1.30. The van der Waals surface area contributed by atoms with Crippen LogP contribution in [0, 0.1) is 6.92 Å². The number of H-pyrrole nitrogens is 1. The van der Waals surface area contributed by atoms with Crippen molar-refractivity contribution in [2.75, 3.05) is 20.8 Å². The molecular formula is C24H27N3O3. The first-order chi connectivity index (χ1) is 14.6. The summed E-state index contributed by atoms with van der Waals surface area (Å²) in [7, 11) is 3.24. The zero-order valence-corrected chi connectivity index (χ0v) is 17.9. The Hall–Kier alpha value is -3.28. The fraction of sp³-hybridized carbons (Fsp3) is 0.333. The van der Waals surface area contributed by atoms with E-state index in [1.54, 1.807) is 14.2 Å². The molecule has 1 amide bonds. The largest absolute Gasteiger partial charge is 0.493 e. The van der Waals surface area contributed by atoms with E-state index in [-0.39, 0.29) is 11.9 Å². The highest BCUT2D eigenvalue weighted by molar-refractivity contribution is 6.00. The third-order valence-corrected chi connectivity index (χ3v) is 5.66. The summed E-state index contributed by atoms with van der Waals surface area (Å²) >= 11 is 0. The molecule has 1 aromatic heterocycles. The first-order valence-electron chi connectivity index (χ1n) is 10.3. The number of unbranched alkanes of at least 4 members (excludes halogenated alkanes) is 1. The Morgan fingerprint density at radius 1 is 1.07 bits per heavy atom. The number of aromatic nitrogens is 2. The number of carbonyl (C=O) groups excluding carboxylic acids is 1. The molecule has 0 spiro atoms. The van der Waals surface area contributed by atoms with Gasteiger partial charge >= 0.3 is 0 Å². The Morgan fingerprint density at radius 2 is 1.80 bits per heavy atom. The fourth-order valence-electron chi connectivity index (χ4n) is 4.06. The normalized spacial score (nSPS) is 15.4. The van der Waals surface area contributed by atoms with Gasteiger partial charge in [0, 0.05) is 17.7 Å². The van der Waals surface area contributed by atoms with Crippen LogP contribution in [0.25, 0.3) is 11.3 Å². The van der Waals surface area contributed by atoms with E-state index in [0.717, 1.165) is 35.2 Å². The summed E-state index contributed by atoms with van der Waals surface area (Å²) in [6.45, 7) is 4.87. The van der Waals surface area contributed by atoms with Gasteiger partial charge in [0.05, 0.1) is 26.0 Å². The number of ether oxygens (including phenoxy) is 2. The summed E-state index contributed by atoms with van der Waals surface area (Å²) < 4.78 is 10.9. The van der Waals surface area contributed by atoms with Crippen molar-refractivity contribution in [3.05, 3.63) is 64.8 Å². The predicted octanol–water partition coefficient (Wildman–Crippen LogP) is 4.75. The molecule has 6 heteroatoms. The van der Waals surface area contributed by atoms with Crippen LogP contribution in [0.4, 0.5) is 0 Å². The van der Waals surface area contributed by atoms with Crippen LogP contribution in [0.3, 0.4) is 0 Å². The molecule has 0 bridgehead atoms. The van der Waals surface area contributed by atoms with Crippen LogP contribution in [0.2, 0.25) is 0 Å². The number of methoxy groups -OCH3 is 2. The highest BCUT2D eigenvalue weighted by Crippen LogP contribution is 2.44. The van der Waals surface area contributed by atoms with Gasteiger partial charge in [-0.2, -0.15) is 5.10 Å². The quantitative estimate of drug-likeness (QED) is 0.616. The van der Waals surface area contributed by atoms with Crippen LogP contribution >= 0.6 is 0 Å². The minimum absolute atomic E-state index is 0.0101. The molecule has 4 rings (SSSR count). The number of fused-ring (bicyclic) bond motifs is 1. The Balaban J connectivity index is 1.86. The zero-order valence-electron chi connectivity index (χ0n) is 17.9. The number of carbonyl (C=O) groups is 1. The molecule has 1 aliphatic rings. The minimum Gasteiger partial charge on any atom is -0.493 e. The molecule has 0 fully saturated rings. The molecular weight excluding hydrogens is 378 g/mol. The monoisotopic (exact) mass is 405 g/mol. The van der Waals surface area contributed by atoms with Crippen LogP contribution in [0.1, 0.15) is 53.0 Å². The summed E-state index contributed by atoms with van der Waals surface area (Å²) in [6, 6.07) is 13.8. The van der Waals surface area contributed by atoms with Crippen molar-refractivity contribution in [1.82, 2.24) is 15.1 Å². The molecule has 0 saturated heterocycles. The second kappa shape index (κ2) is 8.22. The predicted molar refractivity (Wildman–Crippen MR) is 116 cm³/mol. The number of rotatable bonds is 7. The SMILES string of the molecule is CCCCN1C(=O)c2[nH]nc(-c3ccc(C)cc3)c2C1c1ccc(OC)c(OC)c1. The molecule has 1 N–H and O–H groups in total. The van der Waals surface area contributed by atoms with Crippen LogP contribution in [-0.2, 0) is 0 Å². The van der Waals surface area contributed by atoms with Gasteiger partial charge in [0.1, 0.15) is 5.69 Å². The molecule has 1 atom stereocenters. The molecule has 0 aliphatic carbocycles. The van der Waals surface area contributed by atoms with Gasteiger partial charge in [-0.05, 0) is 31.0 Å². The molecule has 0 saturated carbocycles. The molecule has 6 nitrogen and oxygen atoms in total. The van der Waals surface area contributed by atoms with E-state index >= 15 is 0 Å². The van der Waals surface area contributed by atoms with Gasteiger partial charge in [0.2, 0.25) is 0 Å². The second-order valence-electron chi connectivity index (χ2n) is 7.60. The molecule has 2 heterocycles. The van der Waals surface area contributed by atoms with Crippen molar-refractivity contribution in [3.63, 3.8) is 0 Å². The molecule has 3 aromatic rings. The lowest BCUT2D eigenvalue weighted by atomic mass is 9.95. The van der Waals surface area contributed by atoms with E-state index in [9.17, 15) is 4.79 Å². The van der Waals surface area contributed by atoms with Crippen molar-refractivity contribution in [1.29, 1.82) is 0 Å². The molecule has 156 valence electrons. The van der Waals surface area contributed by atoms with E-state index < -0.39 is 0 Å². The topological polar surface area (TPSA) is 67.5 Å². The van der Waals surface area contributed by atoms with Gasteiger partial charge in [-0.15, -0.1) is 0 Å². The first-order valence-corrected chi connectivity index (χ1v) is 10.3. The maximum absolute atomic E-state index is 13.3. The minimum atomic E-state index is -0.228. The average Bonchev–Trinajstić information content (AvgIpc) is 3.31. The van der Waals surface area contributed by atoms with Gasteiger partial charge in [0.15, 0.2) is 11.5 Å². The number of aromatic amines is 1. The number of amides is 1. The highest BCUT2D eigenvalue weighted by Gasteiger charge is 2.42. The first kappa shape index (κ1) is 20.0. The van der Waals surface area contributed by atoms with Gasteiger partial charge in [0.25, 0.3) is 5.91 Å². The van der Waals surface area contributed by atoms with Crippen molar-refractivity contribution in [2.24, 2.45) is 0 Å². The number of hydrogen-bond acceptors (Lipinski definition) is 4. The van der Waals surface area contributed by atoms with Crippen LogP contribution in [0.5, 0.6) is 11.5 Å². The van der Waals surface area contributed by atoms with Crippen molar-refractivity contribution in [2.45, 2.75) is 32.7 Å². The number of nitrogens with zero attached hydrogens (tertiary/aromatic N) is 2. The maximum atomic E-state index is 13.3. The lowest BCUT2D eigenvalue weighted by Crippen LogP contribution is -2.30. The van der Waals surface area contributed by atoms with E-state index in [1.807, 2.05) is 23.1 Å². The van der Waals surface area contributed by atoms with Crippen LogP contribution in [-0.4, -0.2) is 41.8 Å². The zero-order chi connectivity index (χ0) is 21.3. The molecule has 0 radical (unpaired) electrons. The number of benzene rings is 2. The number of hydrogen-bond donors (Lipinski definition) is 1. The number of aryl methyl sites for hydroxylation is 1. The molecule has 1 aliphatic heterocycles. The molecule has 1 unspecified atom stereocenters. The maximum Gasteiger partial charge on any atom is 0.273 e. The van der Waals surface area contributed by atoms with Crippen molar-refractivity contribution in [3.8, 4) is 22.8 Å². The third kappa shape index (κ3) is 3.32. The van der Waals surface area contributed by atoms with Crippen molar-refractivity contribution < 1.29 is 14.3 Å². The third-order valence-electron chi connectivity index (χ3n) is 5.66. The van der Waals surface area contributed by atoms with Crippen LogP contribution in [0.15, 0.2) is 42.5 Å². The summed E-state index contributed by atoms with van der Waals surface area (Å²) in [6.07, 6.45) is 1.95. The average molecular weight is 405 g/mol.